The van der Waals surface area contributed by atoms with Gasteiger partial charge in [-0.1, -0.05) is 77.5 Å². The lowest BCUT2D eigenvalue weighted by atomic mass is 9.90. The van der Waals surface area contributed by atoms with Crippen LogP contribution in [-0.4, -0.2) is 48.9 Å². The van der Waals surface area contributed by atoms with Gasteiger partial charge in [0.15, 0.2) is 5.65 Å². The van der Waals surface area contributed by atoms with Crippen molar-refractivity contribution in [3.8, 4) is 0 Å². The Kier molecular flexibility index (Phi) is 7.76. The number of fused-ring (bicyclic) bond motifs is 3. The summed E-state index contributed by atoms with van der Waals surface area (Å²) in [6.45, 7) is 6.22. The first kappa shape index (κ1) is 26.8. The Balaban J connectivity index is 1.19. The smallest absolute Gasteiger partial charge is 0.235 e. The zero-order valence-corrected chi connectivity index (χ0v) is 24.3. The van der Waals surface area contributed by atoms with E-state index < -0.39 is 0 Å². The van der Waals surface area contributed by atoms with Crippen molar-refractivity contribution in [1.82, 2.24) is 24.6 Å². The van der Waals surface area contributed by atoms with Crippen LogP contribution in [0.2, 0.25) is 5.02 Å². The molecule has 5 aromatic rings. The first-order chi connectivity index (χ1) is 19.4. The second kappa shape index (κ2) is 11.6. The van der Waals surface area contributed by atoms with Crippen molar-refractivity contribution in [2.75, 3.05) is 13.1 Å². The number of piperidine rings is 1. The number of carbonyl (C=O) groups is 1. The highest BCUT2D eigenvalue weighted by molar-refractivity contribution is 8.00. The van der Waals surface area contributed by atoms with Crippen molar-refractivity contribution in [2.45, 2.75) is 50.1 Å². The van der Waals surface area contributed by atoms with Crippen molar-refractivity contribution in [1.29, 1.82) is 0 Å². The molecule has 1 aliphatic rings. The van der Waals surface area contributed by atoms with Gasteiger partial charge in [-0.15, -0.1) is 10.2 Å². The van der Waals surface area contributed by atoms with E-state index in [1.165, 1.54) is 17.3 Å². The maximum Gasteiger partial charge on any atom is 0.235 e. The molecule has 0 spiro atoms. The molecule has 0 saturated carbocycles. The minimum atomic E-state index is -0.294. The first-order valence-corrected chi connectivity index (χ1v) is 15.1. The van der Waals surface area contributed by atoms with E-state index in [4.69, 9.17) is 16.6 Å². The van der Waals surface area contributed by atoms with Gasteiger partial charge in [0, 0.05) is 30.0 Å². The number of aryl methyl sites for hydroxylation is 1. The molecular weight excluding hydrogens is 538 g/mol. The largest absolute Gasteiger partial charge is 0.342 e. The Morgan fingerprint density at radius 2 is 1.77 bits per heavy atom. The van der Waals surface area contributed by atoms with E-state index in [1.54, 1.807) is 0 Å². The van der Waals surface area contributed by atoms with Gasteiger partial charge in [-0.05, 0) is 74.4 Å². The molecule has 2 aromatic heterocycles. The fourth-order valence-electron chi connectivity index (χ4n) is 5.65. The topological polar surface area (TPSA) is 63.9 Å². The summed E-state index contributed by atoms with van der Waals surface area (Å²) in [5.74, 6) is 0.761. The van der Waals surface area contributed by atoms with E-state index >= 15 is 0 Å². The van der Waals surface area contributed by atoms with Crippen LogP contribution in [0, 0.1) is 12.8 Å². The standard InChI is InChI=1S/C32H32ClN5OS/c1-21-11-12-28-27(17-21)29-30(38(28)20-25-9-6-10-26(33)19-25)34-32(36-35-29)40-22(2)31(39)37-15-13-24(14-16-37)18-23-7-4-3-5-8-23/h3-12,17,19,22,24H,13-16,18,20H2,1-2H3. The van der Waals surface area contributed by atoms with E-state index in [2.05, 4.69) is 76.3 Å². The van der Waals surface area contributed by atoms with E-state index in [0.29, 0.717) is 22.6 Å². The lowest BCUT2D eigenvalue weighted by Crippen LogP contribution is -2.42. The summed E-state index contributed by atoms with van der Waals surface area (Å²) < 4.78 is 2.17. The zero-order chi connectivity index (χ0) is 27.6. The monoisotopic (exact) mass is 569 g/mol. The number of thioether (sulfide) groups is 1. The van der Waals surface area contributed by atoms with Gasteiger partial charge in [0.2, 0.25) is 11.1 Å². The van der Waals surface area contributed by atoms with Gasteiger partial charge in [-0.3, -0.25) is 4.79 Å². The Morgan fingerprint density at radius 3 is 2.55 bits per heavy atom. The third kappa shape index (κ3) is 5.72. The number of aromatic nitrogens is 4. The molecule has 0 radical (unpaired) electrons. The first-order valence-electron chi connectivity index (χ1n) is 13.8. The van der Waals surface area contributed by atoms with Crippen LogP contribution in [0.1, 0.15) is 36.5 Å². The lowest BCUT2D eigenvalue weighted by molar-refractivity contribution is -0.131. The molecule has 6 nitrogen and oxygen atoms in total. The Hall–Kier alpha value is -3.42. The maximum absolute atomic E-state index is 13.4. The molecule has 1 saturated heterocycles. The summed E-state index contributed by atoms with van der Waals surface area (Å²) in [6, 6.07) is 24.8. The molecule has 3 heterocycles. The summed E-state index contributed by atoms with van der Waals surface area (Å²) >= 11 is 7.66. The number of benzene rings is 3. The van der Waals surface area contributed by atoms with Crippen LogP contribution in [0.5, 0.6) is 0 Å². The molecular formula is C32H32ClN5OS. The van der Waals surface area contributed by atoms with Crippen LogP contribution in [0.25, 0.3) is 22.1 Å². The van der Waals surface area contributed by atoms with Gasteiger partial charge in [-0.2, -0.15) is 0 Å². The van der Waals surface area contributed by atoms with Gasteiger partial charge < -0.3 is 9.47 Å². The van der Waals surface area contributed by atoms with Gasteiger partial charge in [-0.25, -0.2) is 4.98 Å². The predicted molar refractivity (Wildman–Crippen MR) is 163 cm³/mol. The molecule has 1 unspecified atom stereocenters. The molecule has 0 bridgehead atoms. The molecule has 1 fully saturated rings. The number of amides is 1. The van der Waals surface area contributed by atoms with Crippen LogP contribution in [0.4, 0.5) is 0 Å². The number of likely N-dealkylation sites (tertiary alicyclic amines) is 1. The number of hydrogen-bond donors (Lipinski definition) is 0. The molecule has 1 atom stereocenters. The fraction of sp³-hybridized carbons (Fsp3) is 0.312. The Labute approximate surface area is 243 Å². The second-order valence-corrected chi connectivity index (χ2v) is 12.5. The number of rotatable bonds is 7. The highest BCUT2D eigenvalue weighted by atomic mass is 35.5. The summed E-state index contributed by atoms with van der Waals surface area (Å²) in [4.78, 5) is 20.3. The van der Waals surface area contributed by atoms with Crippen LogP contribution in [0.3, 0.4) is 0 Å². The summed E-state index contributed by atoms with van der Waals surface area (Å²) in [5, 5.41) is 11.0. The number of nitrogens with zero attached hydrogens (tertiary/aromatic N) is 5. The van der Waals surface area contributed by atoms with Gasteiger partial charge in [0.25, 0.3) is 0 Å². The lowest BCUT2D eigenvalue weighted by Gasteiger charge is -2.33. The van der Waals surface area contributed by atoms with E-state index in [0.717, 1.165) is 65.5 Å². The normalized spacial score (nSPS) is 15.1. The van der Waals surface area contributed by atoms with Gasteiger partial charge in [0.05, 0.1) is 10.8 Å². The van der Waals surface area contributed by atoms with E-state index in [9.17, 15) is 4.79 Å². The van der Waals surface area contributed by atoms with E-state index in [1.807, 2.05) is 30.0 Å². The summed E-state index contributed by atoms with van der Waals surface area (Å²) in [6.07, 6.45) is 3.14. The minimum Gasteiger partial charge on any atom is -0.342 e. The quantitative estimate of drug-likeness (QED) is 0.198. The van der Waals surface area contributed by atoms with Crippen LogP contribution < -0.4 is 0 Å². The molecule has 3 aromatic carbocycles. The number of hydrogen-bond acceptors (Lipinski definition) is 5. The molecule has 6 rings (SSSR count). The predicted octanol–water partition coefficient (Wildman–Crippen LogP) is 6.95. The zero-order valence-electron chi connectivity index (χ0n) is 22.8. The molecule has 1 aliphatic heterocycles. The second-order valence-electron chi connectivity index (χ2n) is 10.7. The molecule has 0 N–H and O–H groups in total. The summed E-state index contributed by atoms with van der Waals surface area (Å²) in [7, 11) is 0. The Morgan fingerprint density at radius 1 is 1.00 bits per heavy atom. The van der Waals surface area contributed by atoms with Crippen LogP contribution in [-0.2, 0) is 17.8 Å². The van der Waals surface area contributed by atoms with Gasteiger partial charge in [0.1, 0.15) is 5.52 Å². The highest BCUT2D eigenvalue weighted by Crippen LogP contribution is 2.31. The highest BCUT2D eigenvalue weighted by Gasteiger charge is 2.28. The van der Waals surface area contributed by atoms with Gasteiger partial charge >= 0.3 is 0 Å². The van der Waals surface area contributed by atoms with Crippen LogP contribution >= 0.6 is 23.4 Å². The average molecular weight is 570 g/mol. The van der Waals surface area contributed by atoms with Crippen molar-refractivity contribution in [3.63, 3.8) is 0 Å². The molecule has 1 amide bonds. The van der Waals surface area contributed by atoms with Crippen molar-refractivity contribution in [3.05, 3.63) is 94.5 Å². The molecule has 0 aliphatic carbocycles. The third-order valence-electron chi connectivity index (χ3n) is 7.76. The van der Waals surface area contributed by atoms with Crippen molar-refractivity contribution in [2.24, 2.45) is 5.92 Å². The third-order valence-corrected chi connectivity index (χ3v) is 8.93. The average Bonchev–Trinajstić information content (AvgIpc) is 3.25. The van der Waals surface area contributed by atoms with Crippen LogP contribution in [0.15, 0.2) is 78.0 Å². The fourth-order valence-corrected chi connectivity index (χ4v) is 6.66. The van der Waals surface area contributed by atoms with E-state index in [-0.39, 0.29) is 11.2 Å². The minimum absolute atomic E-state index is 0.141. The van der Waals surface area contributed by atoms with Crippen molar-refractivity contribution >= 4 is 51.3 Å². The van der Waals surface area contributed by atoms with Crippen molar-refractivity contribution < 1.29 is 4.79 Å². The SMILES string of the molecule is Cc1ccc2c(c1)c1nnc(SC(C)C(=O)N3CCC(Cc4ccccc4)CC3)nc1n2Cc1cccc(Cl)c1. The number of halogens is 1. The number of carbonyl (C=O) groups excluding carboxylic acids is 1. The molecule has 8 heteroatoms. The Bertz CT molecular complexity index is 1660. The summed E-state index contributed by atoms with van der Waals surface area (Å²) in [5.41, 5.74) is 6.19. The molecule has 40 heavy (non-hydrogen) atoms. The molecule has 204 valence electrons. The maximum atomic E-state index is 13.4.